The monoisotopic (exact) mass is 152 g/mol. The predicted molar refractivity (Wildman–Crippen MR) is 46.0 cm³/mol. The molecule has 0 radical (unpaired) electrons. The largest absolute Gasteiger partial charge is 0.252 e. The maximum absolute atomic E-state index is 3.96. The summed E-state index contributed by atoms with van der Waals surface area (Å²) in [6, 6.07) is 0. The van der Waals surface area contributed by atoms with E-state index in [9.17, 15) is 0 Å². The van der Waals surface area contributed by atoms with Crippen LogP contribution in [0.2, 0.25) is 0 Å². The van der Waals surface area contributed by atoms with Gasteiger partial charge in [0, 0.05) is 5.56 Å². The molecule has 1 aromatic rings. The molecule has 1 rings (SSSR count). The maximum atomic E-state index is 3.96. The van der Waals surface area contributed by atoms with Crippen molar-refractivity contribution in [3.63, 3.8) is 0 Å². The Labute approximate surface area is 64.1 Å². The van der Waals surface area contributed by atoms with E-state index in [0.29, 0.717) is 0 Å². The molecule has 0 saturated heterocycles. The summed E-state index contributed by atoms with van der Waals surface area (Å²) in [6.45, 7) is 9.14. The van der Waals surface area contributed by atoms with Crippen molar-refractivity contribution in [3.8, 4) is 0 Å². The number of nitrogens with zero attached hydrogens (tertiary/aromatic N) is 2. The van der Waals surface area contributed by atoms with Crippen molar-refractivity contribution < 1.29 is 0 Å². The van der Waals surface area contributed by atoms with Crippen LogP contribution < -0.4 is 0 Å². The fraction of sp³-hybridized carbons (Fsp3) is 0.143. The van der Waals surface area contributed by atoms with Crippen molar-refractivity contribution in [1.82, 2.24) is 4.37 Å². The fourth-order valence-electron chi connectivity index (χ4n) is 0.640. The summed E-state index contributed by atoms with van der Waals surface area (Å²) in [5.74, 6) is 0. The van der Waals surface area contributed by atoms with Gasteiger partial charge in [-0.25, -0.2) is 0 Å². The molecule has 52 valence electrons. The number of hydrogen-bond donors (Lipinski definition) is 0. The molecule has 3 heteroatoms. The summed E-state index contributed by atoms with van der Waals surface area (Å²) in [5, 5.41) is 0.854. The van der Waals surface area contributed by atoms with Gasteiger partial charge in [0.25, 0.3) is 0 Å². The van der Waals surface area contributed by atoms with Crippen molar-refractivity contribution in [1.29, 1.82) is 0 Å². The summed E-state index contributed by atoms with van der Waals surface area (Å²) in [5.41, 5.74) is 1.98. The lowest BCUT2D eigenvalue weighted by Gasteiger charge is -1.92. The van der Waals surface area contributed by atoms with E-state index in [0.717, 1.165) is 16.1 Å². The highest BCUT2D eigenvalue weighted by Gasteiger charge is 2.02. The quantitative estimate of drug-likeness (QED) is 0.598. The molecule has 0 saturated carbocycles. The van der Waals surface area contributed by atoms with E-state index >= 15 is 0 Å². The Morgan fingerprint density at radius 2 is 2.50 bits per heavy atom. The minimum absolute atomic E-state index is 0.854. The SMILES string of the molecule is C=Nc1sncc1C(=C)C. The van der Waals surface area contributed by atoms with E-state index in [2.05, 4.69) is 22.7 Å². The maximum Gasteiger partial charge on any atom is 0.142 e. The van der Waals surface area contributed by atoms with Gasteiger partial charge >= 0.3 is 0 Å². The van der Waals surface area contributed by atoms with Gasteiger partial charge in [-0.3, -0.25) is 4.99 Å². The van der Waals surface area contributed by atoms with Crippen molar-refractivity contribution in [2.45, 2.75) is 6.92 Å². The summed E-state index contributed by atoms with van der Waals surface area (Å²) < 4.78 is 3.96. The van der Waals surface area contributed by atoms with E-state index in [1.165, 1.54) is 11.5 Å². The molecule has 1 aromatic heterocycles. The van der Waals surface area contributed by atoms with Gasteiger partial charge in [-0.2, -0.15) is 4.37 Å². The van der Waals surface area contributed by atoms with Gasteiger partial charge in [0.2, 0.25) is 0 Å². The number of hydrogen-bond acceptors (Lipinski definition) is 3. The fourth-order valence-corrected chi connectivity index (χ4v) is 1.28. The van der Waals surface area contributed by atoms with E-state index < -0.39 is 0 Å². The molecule has 0 fully saturated rings. The van der Waals surface area contributed by atoms with E-state index in [1.807, 2.05) is 6.92 Å². The first-order valence-corrected chi connectivity index (χ1v) is 3.60. The summed E-state index contributed by atoms with van der Waals surface area (Å²) in [4.78, 5) is 3.80. The molecule has 1 heterocycles. The van der Waals surface area contributed by atoms with Crippen molar-refractivity contribution in [2.75, 3.05) is 0 Å². The standard InChI is InChI=1S/C7H8N2S/c1-5(2)6-4-9-10-7(6)8-3/h4H,1,3H2,2H3. The molecule has 0 aliphatic heterocycles. The van der Waals surface area contributed by atoms with Crippen LogP contribution >= 0.6 is 11.5 Å². The van der Waals surface area contributed by atoms with Crippen molar-refractivity contribution >= 4 is 28.8 Å². The minimum Gasteiger partial charge on any atom is -0.252 e. The number of aromatic nitrogens is 1. The first-order chi connectivity index (χ1) is 4.75. The first-order valence-electron chi connectivity index (χ1n) is 2.83. The molecular weight excluding hydrogens is 144 g/mol. The lowest BCUT2D eigenvalue weighted by molar-refractivity contribution is 1.51. The lowest BCUT2D eigenvalue weighted by atomic mass is 10.2. The average molecular weight is 152 g/mol. The highest BCUT2D eigenvalue weighted by molar-refractivity contribution is 7.10. The van der Waals surface area contributed by atoms with Gasteiger partial charge < -0.3 is 0 Å². The zero-order chi connectivity index (χ0) is 7.56. The van der Waals surface area contributed by atoms with Crippen LogP contribution in [0.4, 0.5) is 5.00 Å². The Hall–Kier alpha value is -0.960. The number of rotatable bonds is 2. The molecule has 0 bridgehead atoms. The van der Waals surface area contributed by atoms with Crippen LogP contribution in [-0.4, -0.2) is 11.1 Å². The average Bonchev–Trinajstić information content (AvgIpc) is 2.33. The molecule has 10 heavy (non-hydrogen) atoms. The second kappa shape index (κ2) is 2.75. The van der Waals surface area contributed by atoms with E-state index in [-0.39, 0.29) is 0 Å². The number of allylic oxidation sites excluding steroid dienone is 1. The lowest BCUT2D eigenvalue weighted by Crippen LogP contribution is -1.69. The normalized spacial score (nSPS) is 9.30. The highest BCUT2D eigenvalue weighted by Crippen LogP contribution is 2.27. The third kappa shape index (κ3) is 1.14. The zero-order valence-electron chi connectivity index (χ0n) is 5.79. The molecule has 0 aliphatic rings. The molecule has 0 aliphatic carbocycles. The van der Waals surface area contributed by atoms with Gasteiger partial charge in [0.15, 0.2) is 0 Å². The Morgan fingerprint density at radius 1 is 1.80 bits per heavy atom. The molecule has 0 amide bonds. The van der Waals surface area contributed by atoms with Gasteiger partial charge in [-0.1, -0.05) is 6.58 Å². The number of aliphatic imine (C=N–C) groups is 1. The molecule has 0 spiro atoms. The van der Waals surface area contributed by atoms with Gasteiger partial charge in [-0.15, -0.1) is 0 Å². The molecule has 0 N–H and O–H groups in total. The second-order valence-electron chi connectivity index (χ2n) is 1.98. The Balaban J connectivity index is 3.13. The Kier molecular flexibility index (Phi) is 1.97. The van der Waals surface area contributed by atoms with Gasteiger partial charge in [0.1, 0.15) is 5.00 Å². The van der Waals surface area contributed by atoms with Crippen LogP contribution in [-0.2, 0) is 0 Å². The Bertz CT molecular complexity index is 262. The van der Waals surface area contributed by atoms with Crippen molar-refractivity contribution in [3.05, 3.63) is 18.3 Å². The van der Waals surface area contributed by atoms with E-state index in [1.54, 1.807) is 6.20 Å². The van der Waals surface area contributed by atoms with Crippen LogP contribution in [0.3, 0.4) is 0 Å². The molecule has 2 nitrogen and oxygen atoms in total. The molecule has 0 atom stereocenters. The first kappa shape index (κ1) is 7.15. The summed E-state index contributed by atoms with van der Waals surface area (Å²) in [7, 11) is 0. The molecule has 0 aromatic carbocycles. The van der Waals surface area contributed by atoms with Crippen LogP contribution in [0.15, 0.2) is 17.8 Å². The second-order valence-corrected chi connectivity index (χ2v) is 2.76. The highest BCUT2D eigenvalue weighted by atomic mass is 32.1. The third-order valence-electron chi connectivity index (χ3n) is 1.15. The van der Waals surface area contributed by atoms with Crippen LogP contribution in [0.25, 0.3) is 5.57 Å². The summed E-state index contributed by atoms with van der Waals surface area (Å²) in [6.07, 6.45) is 1.76. The molecule has 0 unspecified atom stereocenters. The van der Waals surface area contributed by atoms with Crippen LogP contribution in [0.1, 0.15) is 12.5 Å². The smallest absolute Gasteiger partial charge is 0.142 e. The van der Waals surface area contributed by atoms with Crippen LogP contribution in [0.5, 0.6) is 0 Å². The van der Waals surface area contributed by atoms with Crippen molar-refractivity contribution in [2.24, 2.45) is 4.99 Å². The minimum atomic E-state index is 0.854. The summed E-state index contributed by atoms with van der Waals surface area (Å²) >= 11 is 1.34. The van der Waals surface area contributed by atoms with Gasteiger partial charge in [0.05, 0.1) is 6.20 Å². The molecular formula is C7H8N2S. The Morgan fingerprint density at radius 3 is 2.90 bits per heavy atom. The van der Waals surface area contributed by atoms with Crippen LogP contribution in [0, 0.1) is 0 Å². The van der Waals surface area contributed by atoms with E-state index in [4.69, 9.17) is 0 Å². The predicted octanol–water partition coefficient (Wildman–Crippen LogP) is 2.51. The topological polar surface area (TPSA) is 25.2 Å². The zero-order valence-corrected chi connectivity index (χ0v) is 6.61. The third-order valence-corrected chi connectivity index (χ3v) is 1.89. The van der Waals surface area contributed by atoms with Gasteiger partial charge in [-0.05, 0) is 30.7 Å².